The molecule has 18 heavy (non-hydrogen) atoms. The molecule has 1 saturated carbocycles. The Hall–Kier alpha value is -1.06. The molecule has 1 fully saturated rings. The van der Waals surface area contributed by atoms with Gasteiger partial charge in [-0.3, -0.25) is 9.59 Å². The van der Waals surface area contributed by atoms with Crippen molar-refractivity contribution in [2.45, 2.75) is 70.8 Å². The third-order valence-electron chi connectivity index (χ3n) is 3.53. The van der Waals surface area contributed by atoms with Crippen LogP contribution >= 0.6 is 0 Å². The molecule has 104 valence electrons. The topological polar surface area (TPSA) is 63.6 Å². The van der Waals surface area contributed by atoms with Crippen LogP contribution in [0.15, 0.2) is 0 Å². The second-order valence-corrected chi connectivity index (χ2v) is 5.11. The van der Waals surface area contributed by atoms with Gasteiger partial charge in [0.15, 0.2) is 0 Å². The maximum absolute atomic E-state index is 11.6. The number of carboxylic acids is 1. The van der Waals surface area contributed by atoms with E-state index in [4.69, 9.17) is 9.84 Å². The molecule has 4 nitrogen and oxygen atoms in total. The monoisotopic (exact) mass is 256 g/mol. The molecular formula is C14H24O4. The molecule has 0 aromatic heterocycles. The van der Waals surface area contributed by atoms with E-state index in [1.165, 1.54) is 6.42 Å². The van der Waals surface area contributed by atoms with E-state index in [0.29, 0.717) is 12.8 Å². The first-order valence-electron chi connectivity index (χ1n) is 7.05. The summed E-state index contributed by atoms with van der Waals surface area (Å²) < 4.78 is 5.37. The summed E-state index contributed by atoms with van der Waals surface area (Å²) in [6, 6.07) is 0. The normalized spacial score (nSPS) is 18.3. The minimum absolute atomic E-state index is 0.0701. The largest absolute Gasteiger partial charge is 0.481 e. The van der Waals surface area contributed by atoms with E-state index in [-0.39, 0.29) is 18.5 Å². The first-order valence-corrected chi connectivity index (χ1v) is 7.05. The maximum atomic E-state index is 11.6. The summed E-state index contributed by atoms with van der Waals surface area (Å²) in [4.78, 5) is 22.6. The summed E-state index contributed by atoms with van der Waals surface area (Å²) in [5.41, 5.74) is 0. The lowest BCUT2D eigenvalue weighted by atomic mass is 9.97. The molecule has 4 heteroatoms. The number of aliphatic carboxylic acids is 1. The van der Waals surface area contributed by atoms with E-state index < -0.39 is 11.9 Å². The van der Waals surface area contributed by atoms with Crippen LogP contribution in [0.4, 0.5) is 0 Å². The lowest BCUT2D eigenvalue weighted by Crippen LogP contribution is -2.22. The van der Waals surface area contributed by atoms with Gasteiger partial charge in [-0.1, -0.05) is 19.8 Å². The number of hydrogen-bond acceptors (Lipinski definition) is 3. The van der Waals surface area contributed by atoms with Crippen molar-refractivity contribution >= 4 is 11.9 Å². The van der Waals surface area contributed by atoms with Crippen molar-refractivity contribution in [2.24, 2.45) is 5.92 Å². The van der Waals surface area contributed by atoms with Crippen molar-refractivity contribution in [3.05, 3.63) is 0 Å². The van der Waals surface area contributed by atoms with Crippen LogP contribution in [0.5, 0.6) is 0 Å². The molecule has 0 spiro atoms. The molecule has 0 aromatic carbocycles. The van der Waals surface area contributed by atoms with Crippen LogP contribution in [0.1, 0.15) is 64.7 Å². The Morgan fingerprint density at radius 3 is 2.44 bits per heavy atom. The number of ether oxygens (including phenoxy) is 1. The lowest BCUT2D eigenvalue weighted by Gasteiger charge is -2.22. The summed E-state index contributed by atoms with van der Waals surface area (Å²) >= 11 is 0. The minimum Gasteiger partial charge on any atom is -0.481 e. The van der Waals surface area contributed by atoms with Gasteiger partial charge >= 0.3 is 11.9 Å². The number of esters is 1. The highest BCUT2D eigenvalue weighted by Gasteiger charge is 2.21. The van der Waals surface area contributed by atoms with E-state index in [0.717, 1.165) is 32.1 Å². The van der Waals surface area contributed by atoms with Gasteiger partial charge < -0.3 is 9.84 Å². The predicted octanol–water partition coefficient (Wildman–Crippen LogP) is 3.14. The van der Waals surface area contributed by atoms with E-state index >= 15 is 0 Å². The van der Waals surface area contributed by atoms with E-state index in [1.807, 2.05) is 6.92 Å². The summed E-state index contributed by atoms with van der Waals surface area (Å²) in [7, 11) is 0. The second-order valence-electron chi connectivity index (χ2n) is 5.11. The van der Waals surface area contributed by atoms with Gasteiger partial charge in [0.2, 0.25) is 0 Å². The molecule has 0 heterocycles. The molecule has 0 bridgehead atoms. The summed E-state index contributed by atoms with van der Waals surface area (Å²) in [5.74, 6) is -1.44. The molecule has 1 aliphatic carbocycles. The van der Waals surface area contributed by atoms with Gasteiger partial charge in [0, 0.05) is 6.42 Å². The average molecular weight is 256 g/mol. The first kappa shape index (κ1) is 15.0. The molecule has 1 atom stereocenters. The third-order valence-corrected chi connectivity index (χ3v) is 3.53. The molecule has 1 aliphatic rings. The molecule has 0 saturated heterocycles. The Bertz CT molecular complexity index is 269. The number of hydrogen-bond donors (Lipinski definition) is 1. The maximum Gasteiger partial charge on any atom is 0.306 e. The van der Waals surface area contributed by atoms with Crippen molar-refractivity contribution < 1.29 is 19.4 Å². The van der Waals surface area contributed by atoms with Gasteiger partial charge in [-0.15, -0.1) is 0 Å². The first-order chi connectivity index (χ1) is 8.63. The van der Waals surface area contributed by atoms with Crippen LogP contribution in [0.25, 0.3) is 0 Å². The quantitative estimate of drug-likeness (QED) is 0.711. The van der Waals surface area contributed by atoms with Crippen molar-refractivity contribution in [1.82, 2.24) is 0 Å². The number of rotatable bonds is 7. The van der Waals surface area contributed by atoms with Crippen LogP contribution < -0.4 is 0 Å². The average Bonchev–Trinajstić information content (AvgIpc) is 2.35. The Kier molecular flexibility index (Phi) is 6.76. The Morgan fingerprint density at radius 2 is 1.89 bits per heavy atom. The second kappa shape index (κ2) is 8.11. The summed E-state index contributed by atoms with van der Waals surface area (Å²) in [5, 5.41) is 8.99. The molecule has 1 unspecified atom stereocenters. The van der Waals surface area contributed by atoms with Gasteiger partial charge in [-0.25, -0.2) is 0 Å². The van der Waals surface area contributed by atoms with Crippen molar-refractivity contribution in [2.75, 3.05) is 0 Å². The van der Waals surface area contributed by atoms with Gasteiger partial charge in [0.05, 0.1) is 5.92 Å². The number of carboxylic acid groups (broad SMARTS) is 1. The SMILES string of the molecule is CCCC(CCC(=O)OC1CCCCC1)C(=O)O. The van der Waals surface area contributed by atoms with Crippen LogP contribution in [0.2, 0.25) is 0 Å². The van der Waals surface area contributed by atoms with Gasteiger partial charge in [0.1, 0.15) is 6.10 Å². The van der Waals surface area contributed by atoms with Crippen LogP contribution in [0, 0.1) is 5.92 Å². The number of carbonyl (C=O) groups is 2. The Labute approximate surface area is 109 Å². The molecule has 1 rings (SSSR count). The molecule has 0 aromatic rings. The zero-order chi connectivity index (χ0) is 13.4. The highest BCUT2D eigenvalue weighted by atomic mass is 16.5. The fourth-order valence-electron chi connectivity index (χ4n) is 2.46. The van der Waals surface area contributed by atoms with Crippen molar-refractivity contribution in [3.8, 4) is 0 Å². The van der Waals surface area contributed by atoms with Gasteiger partial charge in [0.25, 0.3) is 0 Å². The van der Waals surface area contributed by atoms with Crippen LogP contribution in [0.3, 0.4) is 0 Å². The minimum atomic E-state index is -0.803. The van der Waals surface area contributed by atoms with Crippen molar-refractivity contribution in [3.63, 3.8) is 0 Å². The fraction of sp³-hybridized carbons (Fsp3) is 0.857. The molecule has 0 amide bonds. The highest BCUT2D eigenvalue weighted by molar-refractivity contribution is 5.73. The van der Waals surface area contributed by atoms with Crippen LogP contribution in [-0.2, 0) is 14.3 Å². The zero-order valence-corrected chi connectivity index (χ0v) is 11.2. The Morgan fingerprint density at radius 1 is 1.22 bits per heavy atom. The molecule has 0 radical (unpaired) electrons. The van der Waals surface area contributed by atoms with Gasteiger partial charge in [-0.05, 0) is 38.5 Å². The van der Waals surface area contributed by atoms with E-state index in [1.54, 1.807) is 0 Å². The lowest BCUT2D eigenvalue weighted by molar-refractivity contribution is -0.151. The summed E-state index contributed by atoms with van der Waals surface area (Å²) in [6.45, 7) is 1.95. The Balaban J connectivity index is 2.24. The van der Waals surface area contributed by atoms with Gasteiger partial charge in [-0.2, -0.15) is 0 Å². The zero-order valence-electron chi connectivity index (χ0n) is 11.2. The van der Waals surface area contributed by atoms with Crippen LogP contribution in [-0.4, -0.2) is 23.1 Å². The standard InChI is InChI=1S/C14H24O4/c1-2-6-11(14(16)17)9-10-13(15)18-12-7-4-3-5-8-12/h11-12H,2-10H2,1H3,(H,16,17). The van der Waals surface area contributed by atoms with Crippen molar-refractivity contribution in [1.29, 1.82) is 0 Å². The van der Waals surface area contributed by atoms with E-state index in [9.17, 15) is 9.59 Å². The molecule has 0 aliphatic heterocycles. The predicted molar refractivity (Wildman–Crippen MR) is 68.2 cm³/mol. The molecule has 1 N–H and O–H groups in total. The smallest absolute Gasteiger partial charge is 0.306 e. The molecular weight excluding hydrogens is 232 g/mol. The highest BCUT2D eigenvalue weighted by Crippen LogP contribution is 2.21. The fourth-order valence-corrected chi connectivity index (χ4v) is 2.46. The van der Waals surface area contributed by atoms with E-state index in [2.05, 4.69) is 0 Å². The summed E-state index contributed by atoms with van der Waals surface area (Å²) in [6.07, 6.45) is 7.57. The third kappa shape index (κ3) is 5.52. The number of carbonyl (C=O) groups excluding carboxylic acids is 1.